The highest BCUT2D eigenvalue weighted by Crippen LogP contribution is 2.28. The minimum atomic E-state index is -0.346. The van der Waals surface area contributed by atoms with Gasteiger partial charge in [-0.2, -0.15) is 0 Å². The lowest BCUT2D eigenvalue weighted by atomic mass is 10.0. The van der Waals surface area contributed by atoms with Crippen molar-refractivity contribution in [3.05, 3.63) is 33.9 Å². The largest absolute Gasteiger partial charge is 0.385 e. The van der Waals surface area contributed by atoms with Gasteiger partial charge < -0.3 is 5.32 Å². The summed E-state index contributed by atoms with van der Waals surface area (Å²) in [6.07, 6.45) is 6.58. The van der Waals surface area contributed by atoms with Crippen LogP contribution in [0.4, 0.5) is 11.4 Å². The Bertz CT molecular complexity index is 426. The summed E-state index contributed by atoms with van der Waals surface area (Å²) in [6.45, 7) is 2.88. The fourth-order valence-electron chi connectivity index (χ4n) is 2.62. The van der Waals surface area contributed by atoms with E-state index in [4.69, 9.17) is 0 Å². The van der Waals surface area contributed by atoms with E-state index in [0.29, 0.717) is 0 Å². The molecule has 0 saturated heterocycles. The second-order valence-electron chi connectivity index (χ2n) is 5.12. The molecule has 0 heterocycles. The van der Waals surface area contributed by atoms with Crippen LogP contribution in [0.1, 0.15) is 37.7 Å². The summed E-state index contributed by atoms with van der Waals surface area (Å²) in [6, 6.07) is 4.98. The average Bonchev–Trinajstić information content (AvgIpc) is 2.84. The molecule has 0 aromatic heterocycles. The van der Waals surface area contributed by atoms with E-state index in [9.17, 15) is 10.1 Å². The van der Waals surface area contributed by atoms with Gasteiger partial charge in [-0.15, -0.1) is 0 Å². The van der Waals surface area contributed by atoms with Crippen molar-refractivity contribution in [1.29, 1.82) is 0 Å². The molecule has 0 unspecified atom stereocenters. The number of hydrogen-bond donors (Lipinski definition) is 1. The quantitative estimate of drug-likeness (QED) is 0.635. The Labute approximate surface area is 108 Å². The molecule has 0 radical (unpaired) electrons. The molecule has 0 spiro atoms. The zero-order valence-corrected chi connectivity index (χ0v) is 10.8. The van der Waals surface area contributed by atoms with Gasteiger partial charge in [0.25, 0.3) is 5.69 Å². The van der Waals surface area contributed by atoms with E-state index in [-0.39, 0.29) is 10.6 Å². The maximum absolute atomic E-state index is 10.7. The summed E-state index contributed by atoms with van der Waals surface area (Å²) in [5, 5.41) is 14.1. The van der Waals surface area contributed by atoms with Gasteiger partial charge in [-0.25, -0.2) is 0 Å². The molecular weight excluding hydrogens is 228 g/mol. The topological polar surface area (TPSA) is 55.2 Å². The van der Waals surface area contributed by atoms with Crippen molar-refractivity contribution in [3.63, 3.8) is 0 Å². The third-order valence-electron chi connectivity index (χ3n) is 3.77. The fraction of sp³-hybridized carbons (Fsp3) is 0.571. The Kier molecular flexibility index (Phi) is 4.18. The van der Waals surface area contributed by atoms with Crippen molar-refractivity contribution in [3.8, 4) is 0 Å². The first-order valence-electron chi connectivity index (χ1n) is 6.66. The number of rotatable bonds is 5. The lowest BCUT2D eigenvalue weighted by Gasteiger charge is -2.12. The molecule has 1 N–H and O–H groups in total. The summed E-state index contributed by atoms with van der Waals surface area (Å²) in [5.74, 6) is 0.844. The van der Waals surface area contributed by atoms with Crippen LogP contribution in [-0.4, -0.2) is 11.5 Å². The first kappa shape index (κ1) is 12.9. The second-order valence-corrected chi connectivity index (χ2v) is 5.12. The Morgan fingerprint density at radius 2 is 2.11 bits per heavy atom. The van der Waals surface area contributed by atoms with Gasteiger partial charge in [0.05, 0.1) is 4.92 Å². The van der Waals surface area contributed by atoms with Gasteiger partial charge in [0.1, 0.15) is 0 Å². The first-order valence-corrected chi connectivity index (χ1v) is 6.66. The molecule has 4 nitrogen and oxygen atoms in total. The number of anilines is 1. The van der Waals surface area contributed by atoms with Gasteiger partial charge in [-0.3, -0.25) is 10.1 Å². The molecule has 0 bridgehead atoms. The van der Waals surface area contributed by atoms with Gasteiger partial charge in [-0.05, 0) is 24.8 Å². The standard InChI is InChI=1S/C14H20N2O2/c1-11-6-7-13(16(17)18)10-14(11)15-9-8-12-4-2-3-5-12/h6-7,10,12,15H,2-5,8-9H2,1H3. The van der Waals surface area contributed by atoms with Crippen LogP contribution in [0.2, 0.25) is 0 Å². The van der Waals surface area contributed by atoms with Crippen LogP contribution in [0.3, 0.4) is 0 Å². The van der Waals surface area contributed by atoms with Crippen molar-refractivity contribution in [2.24, 2.45) is 5.92 Å². The molecule has 98 valence electrons. The number of benzene rings is 1. The van der Waals surface area contributed by atoms with Crippen LogP contribution >= 0.6 is 0 Å². The van der Waals surface area contributed by atoms with Crippen molar-refractivity contribution >= 4 is 11.4 Å². The molecule has 1 saturated carbocycles. The number of aryl methyl sites for hydroxylation is 1. The van der Waals surface area contributed by atoms with E-state index in [2.05, 4.69) is 5.32 Å². The van der Waals surface area contributed by atoms with Gasteiger partial charge in [0.2, 0.25) is 0 Å². The van der Waals surface area contributed by atoms with Crippen molar-refractivity contribution in [2.75, 3.05) is 11.9 Å². The lowest BCUT2D eigenvalue weighted by Crippen LogP contribution is -2.07. The Morgan fingerprint density at radius 3 is 2.78 bits per heavy atom. The molecule has 1 aromatic carbocycles. The maximum atomic E-state index is 10.7. The van der Waals surface area contributed by atoms with Crippen molar-refractivity contribution in [1.82, 2.24) is 0 Å². The van der Waals surface area contributed by atoms with E-state index in [1.807, 2.05) is 6.92 Å². The number of nitrogens with one attached hydrogen (secondary N) is 1. The Balaban J connectivity index is 1.91. The fourth-order valence-corrected chi connectivity index (χ4v) is 2.62. The molecule has 1 aliphatic carbocycles. The van der Waals surface area contributed by atoms with Crippen LogP contribution in [-0.2, 0) is 0 Å². The van der Waals surface area contributed by atoms with Crippen LogP contribution in [0.25, 0.3) is 0 Å². The van der Waals surface area contributed by atoms with Gasteiger partial charge in [-0.1, -0.05) is 31.7 Å². The Hall–Kier alpha value is -1.58. The highest BCUT2D eigenvalue weighted by atomic mass is 16.6. The second kappa shape index (κ2) is 5.85. The summed E-state index contributed by atoms with van der Waals surface area (Å²) >= 11 is 0. The molecule has 1 aromatic rings. The Morgan fingerprint density at radius 1 is 1.39 bits per heavy atom. The number of nitro benzene ring substituents is 1. The van der Waals surface area contributed by atoms with Gasteiger partial charge >= 0.3 is 0 Å². The molecule has 0 amide bonds. The predicted octanol–water partition coefficient (Wildman–Crippen LogP) is 3.90. The minimum absolute atomic E-state index is 0.156. The smallest absolute Gasteiger partial charge is 0.271 e. The highest BCUT2D eigenvalue weighted by Gasteiger charge is 2.14. The number of nitrogens with zero attached hydrogens (tertiary/aromatic N) is 1. The summed E-state index contributed by atoms with van der Waals surface area (Å²) in [5.41, 5.74) is 2.11. The maximum Gasteiger partial charge on any atom is 0.271 e. The number of non-ortho nitro benzene ring substituents is 1. The average molecular weight is 248 g/mol. The number of hydrogen-bond acceptors (Lipinski definition) is 3. The third kappa shape index (κ3) is 3.22. The molecule has 1 aliphatic rings. The zero-order valence-electron chi connectivity index (χ0n) is 10.8. The monoisotopic (exact) mass is 248 g/mol. The lowest BCUT2D eigenvalue weighted by molar-refractivity contribution is -0.384. The SMILES string of the molecule is Cc1ccc([N+](=O)[O-])cc1NCCC1CCCC1. The van der Waals surface area contributed by atoms with E-state index >= 15 is 0 Å². The first-order chi connectivity index (χ1) is 8.66. The van der Waals surface area contributed by atoms with E-state index < -0.39 is 0 Å². The summed E-state index contributed by atoms with van der Waals surface area (Å²) in [7, 11) is 0. The van der Waals surface area contributed by atoms with Crippen LogP contribution in [0, 0.1) is 23.0 Å². The number of nitro groups is 1. The van der Waals surface area contributed by atoms with E-state index in [0.717, 1.165) is 23.7 Å². The molecule has 18 heavy (non-hydrogen) atoms. The van der Waals surface area contributed by atoms with Gasteiger partial charge in [0.15, 0.2) is 0 Å². The summed E-state index contributed by atoms with van der Waals surface area (Å²) < 4.78 is 0. The molecule has 4 heteroatoms. The van der Waals surface area contributed by atoms with E-state index in [1.165, 1.54) is 32.1 Å². The molecule has 0 aliphatic heterocycles. The highest BCUT2D eigenvalue weighted by molar-refractivity contribution is 5.56. The summed E-state index contributed by atoms with van der Waals surface area (Å²) in [4.78, 5) is 10.4. The molecular formula is C14H20N2O2. The minimum Gasteiger partial charge on any atom is -0.385 e. The van der Waals surface area contributed by atoms with Gasteiger partial charge in [0, 0.05) is 24.4 Å². The predicted molar refractivity (Wildman–Crippen MR) is 72.9 cm³/mol. The van der Waals surface area contributed by atoms with Crippen LogP contribution in [0.5, 0.6) is 0 Å². The van der Waals surface area contributed by atoms with E-state index in [1.54, 1.807) is 18.2 Å². The zero-order chi connectivity index (χ0) is 13.0. The molecule has 1 fully saturated rings. The molecule has 0 atom stereocenters. The van der Waals surface area contributed by atoms with Crippen molar-refractivity contribution < 1.29 is 4.92 Å². The molecule has 2 rings (SSSR count). The van der Waals surface area contributed by atoms with Crippen LogP contribution in [0.15, 0.2) is 18.2 Å². The van der Waals surface area contributed by atoms with Crippen molar-refractivity contribution in [2.45, 2.75) is 39.0 Å². The van der Waals surface area contributed by atoms with Crippen LogP contribution < -0.4 is 5.32 Å². The third-order valence-corrected chi connectivity index (χ3v) is 3.77. The normalized spacial score (nSPS) is 15.8.